The molecule has 14 nitrogen and oxygen atoms in total. The number of hydrogen-bond donors (Lipinski definition) is 5. The summed E-state index contributed by atoms with van der Waals surface area (Å²) in [4.78, 5) is 35.8. The van der Waals surface area contributed by atoms with Crippen LogP contribution < -0.4 is 24.3 Å². The third-order valence-electron chi connectivity index (χ3n) is 13.2. The smallest absolute Gasteiger partial charge is 0.308 e. The number of hydrogen-bond acceptors (Lipinski definition) is 14. The number of piperazine rings is 1. The molecular formula is C42H46N4O10S. The maximum Gasteiger partial charge on any atom is 0.308 e. The number of fused-ring (bicyclic) bond motifs is 12. The summed E-state index contributed by atoms with van der Waals surface area (Å²) in [6.07, 6.45) is 0.0816. The predicted octanol–water partition coefficient (Wildman–Crippen LogP) is 4.32. The van der Waals surface area contributed by atoms with E-state index in [9.17, 15) is 24.9 Å². The number of esters is 1. The number of thioether (sulfide) groups is 1. The van der Waals surface area contributed by atoms with Gasteiger partial charge in [-0.15, -0.1) is 11.8 Å². The highest BCUT2D eigenvalue weighted by Crippen LogP contribution is 2.64. The largest absolute Gasteiger partial charge is 0.508 e. The zero-order chi connectivity index (χ0) is 39.8. The van der Waals surface area contributed by atoms with Gasteiger partial charge in [0, 0.05) is 63.6 Å². The average Bonchev–Trinajstić information content (AvgIpc) is 3.79. The Kier molecular flexibility index (Phi) is 8.39. The van der Waals surface area contributed by atoms with Crippen molar-refractivity contribution in [1.82, 2.24) is 20.1 Å². The fourth-order valence-electron chi connectivity index (χ4n) is 10.9. The van der Waals surface area contributed by atoms with Crippen LogP contribution in [0.4, 0.5) is 0 Å². The SMILES string of the molecule is COc1c(C)cc2c(c1O)[C@H]1C3[C@@H]4SC[C@]5(NC(C)Cc6c5[nH]c5ccc(O)cc65)C(=O)COC[C@@H](c5c6c(c(C)c(OC(C)=O)c54)OCO6)N3[C@@H](O)[C@@H](C2)N1C. The number of methoxy groups -OCH3 is 1. The number of nitrogens with zero attached hydrogens (tertiary/aromatic N) is 2. The van der Waals surface area contributed by atoms with Crippen molar-refractivity contribution in [2.45, 2.75) is 87.8 Å². The fraction of sp³-hybridized carbons (Fsp3) is 0.476. The lowest BCUT2D eigenvalue weighted by Gasteiger charge is -2.61. The monoisotopic (exact) mass is 798 g/mol. The van der Waals surface area contributed by atoms with Crippen LogP contribution in [0.15, 0.2) is 24.3 Å². The van der Waals surface area contributed by atoms with E-state index in [1.54, 1.807) is 19.2 Å². The molecule has 2 saturated heterocycles. The van der Waals surface area contributed by atoms with Crippen molar-refractivity contribution >= 4 is 34.4 Å². The molecule has 1 spiro atoms. The van der Waals surface area contributed by atoms with Crippen molar-refractivity contribution < 1.29 is 48.6 Å². The van der Waals surface area contributed by atoms with E-state index in [4.69, 9.17) is 23.7 Å². The van der Waals surface area contributed by atoms with Gasteiger partial charge in [-0.25, -0.2) is 0 Å². The molecule has 4 aromatic rings. The summed E-state index contributed by atoms with van der Waals surface area (Å²) in [5.74, 6) is 1.41. The van der Waals surface area contributed by atoms with Crippen molar-refractivity contribution in [1.29, 1.82) is 0 Å². The number of aromatic nitrogens is 1. The number of ether oxygens (including phenoxy) is 5. The van der Waals surface area contributed by atoms with Gasteiger partial charge < -0.3 is 44.0 Å². The minimum Gasteiger partial charge on any atom is -0.508 e. The highest BCUT2D eigenvalue weighted by Gasteiger charge is 2.61. The summed E-state index contributed by atoms with van der Waals surface area (Å²) in [6, 6.07) is 5.01. The first-order chi connectivity index (χ1) is 27.3. The fourth-order valence-corrected chi connectivity index (χ4v) is 12.6. The molecule has 5 N–H and O–H groups in total. The molecule has 0 radical (unpaired) electrons. The Labute approximate surface area is 333 Å². The first kappa shape index (κ1) is 36.8. The minimum atomic E-state index is -1.26. The molecule has 11 rings (SSSR count). The van der Waals surface area contributed by atoms with Crippen molar-refractivity contribution in [2.24, 2.45) is 0 Å². The molecule has 7 aliphatic rings. The molecule has 2 fully saturated rings. The minimum absolute atomic E-state index is 0.0136. The number of benzene rings is 3. The number of phenolic OH excluding ortho intramolecular Hbond substituents is 2. The quantitative estimate of drug-likeness (QED) is 0.143. The molecule has 1 aromatic heterocycles. The summed E-state index contributed by atoms with van der Waals surface area (Å²) in [7, 11) is 3.52. The van der Waals surface area contributed by atoms with E-state index in [1.165, 1.54) is 18.7 Å². The molecular weight excluding hydrogens is 753 g/mol. The Morgan fingerprint density at radius 1 is 1.07 bits per heavy atom. The number of likely N-dealkylation sites (N-methyl/N-ethyl adjacent to an activating group) is 1. The molecule has 8 atom stereocenters. The number of H-pyrrole nitrogens is 1. The lowest BCUT2D eigenvalue weighted by molar-refractivity contribution is -0.181. The van der Waals surface area contributed by atoms with Gasteiger partial charge in [-0.2, -0.15) is 0 Å². The van der Waals surface area contributed by atoms with Crippen LogP contribution in [0.5, 0.6) is 34.5 Å². The number of rotatable bonds is 2. The van der Waals surface area contributed by atoms with Crippen LogP contribution >= 0.6 is 11.8 Å². The maximum atomic E-state index is 15.0. The third kappa shape index (κ3) is 5.08. The zero-order valence-corrected chi connectivity index (χ0v) is 33.4. The summed E-state index contributed by atoms with van der Waals surface area (Å²) in [5, 5.41) is 39.3. The number of nitrogens with one attached hydrogen (secondary N) is 2. The van der Waals surface area contributed by atoms with Crippen LogP contribution in [0.2, 0.25) is 0 Å². The number of ketones is 1. The Balaban J connectivity index is 1.25. The topological polar surface area (TPSA) is 175 Å². The standard InChI is InChI=1S/C42H46N4O10S/c1-17-9-21-11-26-41(51)46-27-13-53-14-28(49)42(40-24(10-18(2)44-42)23-12-22(48)7-8-25(23)43-40)15-57-39(33(46)32(45(26)5)29(21)34(50)35(17)52-6)31-30(27)38-37(54-16-55-38)19(3)36(31)56-20(4)47/h7-9,12,18,26-27,32-33,39,41,43-44,48,50-51H,10-11,13-16H2,1-6H3/t18?,26-,27+,32+,33?,39-,41+,42+/m1/s1. The molecule has 7 aliphatic heterocycles. The van der Waals surface area contributed by atoms with E-state index in [0.717, 1.165) is 33.3 Å². The number of aromatic amines is 1. The first-order valence-electron chi connectivity index (χ1n) is 19.4. The van der Waals surface area contributed by atoms with Gasteiger partial charge in [-0.3, -0.25) is 24.7 Å². The highest BCUT2D eigenvalue weighted by atomic mass is 32.2. The number of carbonyl (C=O) groups excluding carboxylic acids is 2. The summed E-state index contributed by atoms with van der Waals surface area (Å²) >= 11 is 1.53. The summed E-state index contributed by atoms with van der Waals surface area (Å²) in [6.45, 7) is 6.87. The Hall–Kier alpha value is -4.51. The van der Waals surface area contributed by atoms with Crippen molar-refractivity contribution in [3.05, 3.63) is 68.9 Å². The van der Waals surface area contributed by atoms with Gasteiger partial charge in [0.25, 0.3) is 0 Å². The van der Waals surface area contributed by atoms with Gasteiger partial charge >= 0.3 is 5.97 Å². The molecule has 0 saturated carbocycles. The van der Waals surface area contributed by atoms with Gasteiger partial charge in [0.15, 0.2) is 28.8 Å². The number of aromatic hydroxyl groups is 2. The van der Waals surface area contributed by atoms with Gasteiger partial charge in [-0.05, 0) is 75.5 Å². The first-order valence-corrected chi connectivity index (χ1v) is 20.4. The zero-order valence-electron chi connectivity index (χ0n) is 32.6. The van der Waals surface area contributed by atoms with Crippen molar-refractivity contribution in [2.75, 3.05) is 39.9 Å². The highest BCUT2D eigenvalue weighted by molar-refractivity contribution is 7.99. The predicted molar refractivity (Wildman–Crippen MR) is 209 cm³/mol. The number of aryl methyl sites for hydroxylation is 1. The lowest BCUT2D eigenvalue weighted by Crippen LogP contribution is -2.69. The maximum absolute atomic E-state index is 15.0. The van der Waals surface area contributed by atoms with Gasteiger partial charge in [0.2, 0.25) is 6.79 Å². The number of aliphatic hydroxyl groups is 1. The second-order valence-electron chi connectivity index (χ2n) is 16.4. The van der Waals surface area contributed by atoms with Crippen LogP contribution in [0.1, 0.15) is 75.8 Å². The van der Waals surface area contributed by atoms with E-state index >= 15 is 0 Å². The number of carbonyl (C=O) groups is 2. The van der Waals surface area contributed by atoms with Gasteiger partial charge in [0.05, 0.1) is 37.1 Å². The van der Waals surface area contributed by atoms with Crippen molar-refractivity contribution in [3.8, 4) is 34.5 Å². The third-order valence-corrected chi connectivity index (χ3v) is 14.6. The number of phenols is 2. The summed E-state index contributed by atoms with van der Waals surface area (Å²) < 4.78 is 30.8. The van der Waals surface area contributed by atoms with Gasteiger partial charge in [0.1, 0.15) is 29.9 Å². The van der Waals surface area contributed by atoms with Crippen LogP contribution in [0.25, 0.3) is 10.9 Å². The van der Waals surface area contributed by atoms with E-state index in [2.05, 4.69) is 20.1 Å². The average molecular weight is 799 g/mol. The van der Waals surface area contributed by atoms with Crippen LogP contribution in [-0.4, -0.2) is 106 Å². The Morgan fingerprint density at radius 2 is 1.86 bits per heavy atom. The van der Waals surface area contributed by atoms with E-state index in [-0.39, 0.29) is 55.1 Å². The molecule has 300 valence electrons. The van der Waals surface area contributed by atoms with E-state index in [0.29, 0.717) is 58.1 Å². The molecule has 3 aromatic carbocycles. The van der Waals surface area contributed by atoms with E-state index in [1.807, 2.05) is 40.0 Å². The molecule has 0 aliphatic carbocycles. The van der Waals surface area contributed by atoms with Crippen molar-refractivity contribution in [3.63, 3.8) is 0 Å². The second kappa shape index (κ2) is 13.0. The van der Waals surface area contributed by atoms with E-state index < -0.39 is 41.1 Å². The Morgan fingerprint density at radius 3 is 2.63 bits per heavy atom. The summed E-state index contributed by atoms with van der Waals surface area (Å²) in [5.41, 5.74) is 5.62. The lowest BCUT2D eigenvalue weighted by atomic mass is 9.73. The van der Waals surface area contributed by atoms with Crippen LogP contribution in [0, 0.1) is 13.8 Å². The van der Waals surface area contributed by atoms with Crippen LogP contribution in [0.3, 0.4) is 0 Å². The number of aliphatic hydroxyl groups excluding tert-OH is 1. The molecule has 4 bridgehead atoms. The second-order valence-corrected chi connectivity index (χ2v) is 17.5. The molecule has 15 heteroatoms. The normalized spacial score (nSPS) is 30.4. The molecule has 0 amide bonds. The molecule has 57 heavy (non-hydrogen) atoms. The van der Waals surface area contributed by atoms with Crippen LogP contribution in [-0.2, 0) is 32.7 Å². The molecule has 2 unspecified atom stereocenters. The number of Topliss-reactive ketones (excluding diaryl/α,β-unsaturated/α-hetero) is 1. The van der Waals surface area contributed by atoms with Gasteiger partial charge in [-0.1, -0.05) is 6.07 Å². The Bertz CT molecular complexity index is 2400. The molecule has 8 heterocycles.